The molecule has 7 heteroatoms. The molecule has 0 bridgehead atoms. The Morgan fingerprint density at radius 1 is 1.45 bits per heavy atom. The second-order valence-corrected chi connectivity index (χ2v) is 4.53. The van der Waals surface area contributed by atoms with E-state index in [1.807, 2.05) is 0 Å². The zero-order chi connectivity index (χ0) is 14.4. The van der Waals surface area contributed by atoms with Crippen molar-refractivity contribution in [3.63, 3.8) is 0 Å². The Morgan fingerprint density at radius 2 is 2.20 bits per heavy atom. The zero-order valence-electron chi connectivity index (χ0n) is 11.4. The van der Waals surface area contributed by atoms with Crippen LogP contribution in [0.25, 0.3) is 0 Å². The summed E-state index contributed by atoms with van der Waals surface area (Å²) in [6, 6.07) is 1.63. The van der Waals surface area contributed by atoms with E-state index < -0.39 is 0 Å². The lowest BCUT2D eigenvalue weighted by Crippen LogP contribution is -2.46. The van der Waals surface area contributed by atoms with Gasteiger partial charge in [0, 0.05) is 25.3 Å². The normalized spacial score (nSPS) is 15.8. The molecule has 7 nitrogen and oxygen atoms in total. The maximum absolute atomic E-state index is 11.9. The van der Waals surface area contributed by atoms with Crippen LogP contribution in [0.2, 0.25) is 0 Å². The Balaban J connectivity index is 1.80. The van der Waals surface area contributed by atoms with Crippen LogP contribution in [0.5, 0.6) is 0 Å². The molecule has 1 aromatic rings. The van der Waals surface area contributed by atoms with Crippen molar-refractivity contribution in [3.8, 4) is 0 Å². The van der Waals surface area contributed by atoms with Gasteiger partial charge >= 0.3 is 6.09 Å². The molecular weight excluding hydrogens is 260 g/mol. The summed E-state index contributed by atoms with van der Waals surface area (Å²) in [7, 11) is 0. The minimum Gasteiger partial charge on any atom is -0.450 e. The van der Waals surface area contributed by atoms with Crippen LogP contribution in [0, 0.1) is 0 Å². The average Bonchev–Trinajstić information content (AvgIpc) is 2.49. The van der Waals surface area contributed by atoms with Crippen LogP contribution in [0.4, 0.5) is 4.79 Å². The molecule has 108 valence electrons. The van der Waals surface area contributed by atoms with Crippen molar-refractivity contribution < 1.29 is 14.3 Å². The molecule has 0 aliphatic carbocycles. The van der Waals surface area contributed by atoms with E-state index in [-0.39, 0.29) is 18.0 Å². The van der Waals surface area contributed by atoms with Crippen LogP contribution >= 0.6 is 0 Å². The Labute approximate surface area is 117 Å². The molecule has 1 saturated heterocycles. The first-order valence-electron chi connectivity index (χ1n) is 6.69. The highest BCUT2D eigenvalue weighted by molar-refractivity contribution is 5.92. The van der Waals surface area contributed by atoms with E-state index in [1.54, 1.807) is 17.9 Å². The molecule has 1 aliphatic rings. The summed E-state index contributed by atoms with van der Waals surface area (Å²) in [6.07, 6.45) is 4.03. The van der Waals surface area contributed by atoms with Gasteiger partial charge < -0.3 is 15.0 Å². The van der Waals surface area contributed by atoms with Gasteiger partial charge in [0.2, 0.25) is 0 Å². The number of likely N-dealkylation sites (tertiary alicyclic amines) is 1. The Kier molecular flexibility index (Phi) is 4.86. The number of carbonyl (C=O) groups is 2. The molecule has 1 aliphatic heterocycles. The number of aromatic nitrogens is 2. The predicted octanol–water partition coefficient (Wildman–Crippen LogP) is 0.827. The van der Waals surface area contributed by atoms with Gasteiger partial charge in [0.25, 0.3) is 5.91 Å². The van der Waals surface area contributed by atoms with Gasteiger partial charge in [-0.05, 0) is 25.8 Å². The third-order valence-corrected chi connectivity index (χ3v) is 3.17. The lowest BCUT2D eigenvalue weighted by molar-refractivity contribution is 0.0856. The Bertz CT molecular complexity index is 458. The fraction of sp³-hybridized carbons (Fsp3) is 0.538. The Morgan fingerprint density at radius 3 is 2.80 bits per heavy atom. The first-order chi connectivity index (χ1) is 9.70. The number of carbonyl (C=O) groups excluding carboxylic acids is 2. The maximum Gasteiger partial charge on any atom is 0.409 e. The van der Waals surface area contributed by atoms with Crippen LogP contribution in [0.1, 0.15) is 30.3 Å². The standard InChI is InChI=1S/C13H18N4O3/c1-2-20-13(19)17-7-4-10(5-8-17)16-12(18)11-3-6-14-9-15-11/h3,6,9-10H,2,4-5,7-8H2,1H3,(H,16,18). The fourth-order valence-electron chi connectivity index (χ4n) is 2.11. The van der Waals surface area contributed by atoms with Gasteiger partial charge in [-0.25, -0.2) is 14.8 Å². The topological polar surface area (TPSA) is 84.4 Å². The monoisotopic (exact) mass is 278 g/mol. The second-order valence-electron chi connectivity index (χ2n) is 4.53. The van der Waals surface area contributed by atoms with Crippen LogP contribution in [-0.4, -0.2) is 52.6 Å². The highest BCUT2D eigenvalue weighted by Gasteiger charge is 2.24. The van der Waals surface area contributed by atoms with Gasteiger partial charge in [-0.1, -0.05) is 0 Å². The van der Waals surface area contributed by atoms with Crippen LogP contribution in [0.3, 0.4) is 0 Å². The minimum absolute atomic E-state index is 0.0585. The van der Waals surface area contributed by atoms with E-state index in [1.165, 1.54) is 12.5 Å². The molecule has 0 saturated carbocycles. The molecule has 0 spiro atoms. The molecule has 2 amide bonds. The highest BCUT2D eigenvalue weighted by atomic mass is 16.6. The number of rotatable bonds is 3. The number of hydrogen-bond acceptors (Lipinski definition) is 5. The molecular formula is C13H18N4O3. The number of amides is 2. The minimum atomic E-state index is -0.284. The van der Waals surface area contributed by atoms with Crippen LogP contribution < -0.4 is 5.32 Å². The van der Waals surface area contributed by atoms with Crippen LogP contribution in [-0.2, 0) is 4.74 Å². The van der Waals surface area contributed by atoms with E-state index in [0.29, 0.717) is 25.4 Å². The summed E-state index contributed by atoms with van der Waals surface area (Å²) >= 11 is 0. The van der Waals surface area contributed by atoms with Crippen molar-refractivity contribution in [3.05, 3.63) is 24.3 Å². The van der Waals surface area contributed by atoms with E-state index in [0.717, 1.165) is 12.8 Å². The zero-order valence-corrected chi connectivity index (χ0v) is 11.4. The fourth-order valence-corrected chi connectivity index (χ4v) is 2.11. The quantitative estimate of drug-likeness (QED) is 0.885. The van der Waals surface area contributed by atoms with Gasteiger partial charge in [0.1, 0.15) is 12.0 Å². The van der Waals surface area contributed by atoms with Gasteiger partial charge in [-0.2, -0.15) is 0 Å². The van der Waals surface area contributed by atoms with Crippen molar-refractivity contribution in [2.45, 2.75) is 25.8 Å². The van der Waals surface area contributed by atoms with E-state index in [9.17, 15) is 9.59 Å². The molecule has 0 aromatic carbocycles. The molecule has 20 heavy (non-hydrogen) atoms. The van der Waals surface area contributed by atoms with Crippen molar-refractivity contribution >= 4 is 12.0 Å². The summed E-state index contributed by atoms with van der Waals surface area (Å²) in [5, 5.41) is 2.92. The van der Waals surface area contributed by atoms with Gasteiger partial charge in [0.05, 0.1) is 6.61 Å². The molecule has 2 heterocycles. The molecule has 1 aromatic heterocycles. The number of nitrogens with one attached hydrogen (secondary N) is 1. The summed E-state index contributed by atoms with van der Waals surface area (Å²) in [4.78, 5) is 32.8. The molecule has 1 N–H and O–H groups in total. The number of ether oxygens (including phenoxy) is 1. The highest BCUT2D eigenvalue weighted by Crippen LogP contribution is 2.12. The largest absolute Gasteiger partial charge is 0.450 e. The number of piperidine rings is 1. The third-order valence-electron chi connectivity index (χ3n) is 3.17. The SMILES string of the molecule is CCOC(=O)N1CCC(NC(=O)c2ccncn2)CC1. The summed E-state index contributed by atoms with van der Waals surface area (Å²) in [6.45, 7) is 3.34. The maximum atomic E-state index is 11.9. The van der Waals surface area contributed by atoms with Gasteiger partial charge in [-0.15, -0.1) is 0 Å². The molecule has 2 rings (SSSR count). The summed E-state index contributed by atoms with van der Waals surface area (Å²) in [5.74, 6) is -0.206. The predicted molar refractivity (Wildman–Crippen MR) is 71.1 cm³/mol. The number of hydrogen-bond donors (Lipinski definition) is 1. The number of nitrogens with zero attached hydrogens (tertiary/aromatic N) is 3. The van der Waals surface area contributed by atoms with E-state index >= 15 is 0 Å². The second kappa shape index (κ2) is 6.83. The first kappa shape index (κ1) is 14.2. The lowest BCUT2D eigenvalue weighted by Gasteiger charge is -2.31. The van der Waals surface area contributed by atoms with E-state index in [2.05, 4.69) is 15.3 Å². The Hall–Kier alpha value is -2.18. The average molecular weight is 278 g/mol. The third kappa shape index (κ3) is 3.66. The van der Waals surface area contributed by atoms with Crippen molar-refractivity contribution in [2.75, 3.05) is 19.7 Å². The summed E-state index contributed by atoms with van der Waals surface area (Å²) in [5.41, 5.74) is 0.354. The van der Waals surface area contributed by atoms with Crippen LogP contribution in [0.15, 0.2) is 18.6 Å². The van der Waals surface area contributed by atoms with Crippen molar-refractivity contribution in [1.82, 2.24) is 20.2 Å². The molecule has 0 atom stereocenters. The van der Waals surface area contributed by atoms with Crippen molar-refractivity contribution in [1.29, 1.82) is 0 Å². The van der Waals surface area contributed by atoms with E-state index in [4.69, 9.17) is 4.74 Å². The van der Waals surface area contributed by atoms with Crippen molar-refractivity contribution in [2.24, 2.45) is 0 Å². The lowest BCUT2D eigenvalue weighted by atomic mass is 10.1. The molecule has 0 unspecified atom stereocenters. The first-order valence-corrected chi connectivity index (χ1v) is 6.69. The smallest absolute Gasteiger partial charge is 0.409 e. The van der Waals surface area contributed by atoms with Gasteiger partial charge in [-0.3, -0.25) is 4.79 Å². The summed E-state index contributed by atoms with van der Waals surface area (Å²) < 4.78 is 4.95. The van der Waals surface area contributed by atoms with Gasteiger partial charge in [0.15, 0.2) is 0 Å². The molecule has 0 radical (unpaired) electrons. The molecule has 1 fully saturated rings.